The first-order chi connectivity index (χ1) is 8.70. The molecular weight excluding hydrogens is 242 g/mol. The van der Waals surface area contributed by atoms with Crippen LogP contribution in [0.5, 0.6) is 0 Å². The lowest BCUT2D eigenvalue weighted by Crippen LogP contribution is -2.31. The van der Waals surface area contributed by atoms with E-state index in [1.807, 2.05) is 18.2 Å². The van der Waals surface area contributed by atoms with Gasteiger partial charge in [0.2, 0.25) is 0 Å². The first-order valence-corrected chi connectivity index (χ1v) is 7.69. The van der Waals surface area contributed by atoms with Gasteiger partial charge in [0.15, 0.2) is 12.4 Å². The van der Waals surface area contributed by atoms with E-state index < -0.39 is 10.8 Å². The summed E-state index contributed by atoms with van der Waals surface area (Å²) in [7, 11) is -0.926. The van der Waals surface area contributed by atoms with E-state index in [0.29, 0.717) is 0 Å². The second kappa shape index (κ2) is 5.91. The van der Waals surface area contributed by atoms with Gasteiger partial charge in [-0.3, -0.25) is 4.21 Å². The Balaban J connectivity index is 2.30. The zero-order chi connectivity index (χ0) is 13.0. The van der Waals surface area contributed by atoms with Crippen molar-refractivity contribution in [3.63, 3.8) is 0 Å². The molecule has 0 aliphatic heterocycles. The van der Waals surface area contributed by atoms with Gasteiger partial charge in [-0.15, -0.1) is 0 Å². The van der Waals surface area contributed by atoms with Crippen LogP contribution in [0.15, 0.2) is 53.7 Å². The number of benzene rings is 1. The van der Waals surface area contributed by atoms with Gasteiger partial charge in [-0.05, 0) is 23.3 Å². The Morgan fingerprint density at radius 3 is 2.44 bits per heavy atom. The zero-order valence-corrected chi connectivity index (χ0v) is 11.6. The standard InChI is InChI=1S/C15H18NOS/c1-3-9-16-10-7-13(8-11-16)14-5-4-6-15(12-14)18(2)17/h4-8,10-12H,3,9H2,1-2H3/q+1. The summed E-state index contributed by atoms with van der Waals surface area (Å²) < 4.78 is 13.6. The zero-order valence-electron chi connectivity index (χ0n) is 10.8. The van der Waals surface area contributed by atoms with E-state index in [1.54, 1.807) is 6.26 Å². The highest BCUT2D eigenvalue weighted by molar-refractivity contribution is 7.84. The van der Waals surface area contributed by atoms with Gasteiger partial charge in [-0.25, -0.2) is 4.57 Å². The Morgan fingerprint density at radius 2 is 1.83 bits per heavy atom. The molecule has 0 N–H and O–H groups in total. The van der Waals surface area contributed by atoms with Crippen LogP contribution < -0.4 is 4.57 Å². The summed E-state index contributed by atoms with van der Waals surface area (Å²) in [6.07, 6.45) is 7.02. The average Bonchev–Trinajstić information content (AvgIpc) is 2.40. The van der Waals surface area contributed by atoms with E-state index >= 15 is 0 Å². The molecule has 0 amide bonds. The van der Waals surface area contributed by atoms with E-state index in [9.17, 15) is 4.21 Å². The topological polar surface area (TPSA) is 20.9 Å². The Morgan fingerprint density at radius 1 is 1.11 bits per heavy atom. The Labute approximate surface area is 111 Å². The molecule has 2 nitrogen and oxygen atoms in total. The maximum absolute atomic E-state index is 11.5. The number of hydrogen-bond donors (Lipinski definition) is 0. The third kappa shape index (κ3) is 3.05. The molecule has 1 unspecified atom stereocenters. The molecule has 0 fully saturated rings. The van der Waals surface area contributed by atoms with Gasteiger partial charge >= 0.3 is 0 Å². The smallest absolute Gasteiger partial charge is 0.169 e. The summed E-state index contributed by atoms with van der Waals surface area (Å²) in [6.45, 7) is 3.21. The molecule has 18 heavy (non-hydrogen) atoms. The van der Waals surface area contributed by atoms with Crippen molar-refractivity contribution >= 4 is 10.8 Å². The van der Waals surface area contributed by atoms with Crippen molar-refractivity contribution in [2.75, 3.05) is 6.26 Å². The van der Waals surface area contributed by atoms with Crippen molar-refractivity contribution < 1.29 is 8.78 Å². The Hall–Kier alpha value is -1.48. The highest BCUT2D eigenvalue weighted by atomic mass is 32.2. The third-order valence-electron chi connectivity index (χ3n) is 2.87. The van der Waals surface area contributed by atoms with Crippen LogP contribution in [0, 0.1) is 0 Å². The van der Waals surface area contributed by atoms with Crippen LogP contribution in [0.1, 0.15) is 13.3 Å². The average molecular weight is 260 g/mol. The van der Waals surface area contributed by atoms with Crippen LogP contribution >= 0.6 is 0 Å². The van der Waals surface area contributed by atoms with Crippen LogP contribution in [0.2, 0.25) is 0 Å². The minimum absolute atomic E-state index is 0.873. The van der Waals surface area contributed by atoms with E-state index in [4.69, 9.17) is 0 Å². The normalized spacial score (nSPS) is 12.3. The molecule has 1 aromatic carbocycles. The van der Waals surface area contributed by atoms with Crippen molar-refractivity contribution in [3.8, 4) is 11.1 Å². The number of rotatable bonds is 4. The summed E-state index contributed by atoms with van der Waals surface area (Å²) in [5.74, 6) is 0. The molecule has 2 aromatic rings. The highest BCUT2D eigenvalue weighted by Gasteiger charge is 2.04. The van der Waals surface area contributed by atoms with Gasteiger partial charge in [0.1, 0.15) is 6.54 Å². The number of aryl methyl sites for hydroxylation is 1. The predicted molar refractivity (Wildman–Crippen MR) is 74.7 cm³/mol. The summed E-state index contributed by atoms with van der Waals surface area (Å²) >= 11 is 0. The molecule has 0 aliphatic carbocycles. The highest BCUT2D eigenvalue weighted by Crippen LogP contribution is 2.20. The minimum atomic E-state index is -0.926. The molecule has 94 valence electrons. The molecular formula is C15H18NOS+. The Kier molecular flexibility index (Phi) is 4.26. The van der Waals surface area contributed by atoms with Crippen molar-refractivity contribution in [1.29, 1.82) is 0 Å². The summed E-state index contributed by atoms with van der Waals surface area (Å²) in [6, 6.07) is 12.1. The summed E-state index contributed by atoms with van der Waals surface area (Å²) in [4.78, 5) is 0.873. The van der Waals surface area contributed by atoms with Crippen LogP contribution in [0.4, 0.5) is 0 Å². The molecule has 3 heteroatoms. The fourth-order valence-corrected chi connectivity index (χ4v) is 2.47. The van der Waals surface area contributed by atoms with E-state index in [1.165, 1.54) is 0 Å². The molecule has 1 heterocycles. The molecule has 0 spiro atoms. The van der Waals surface area contributed by atoms with Gasteiger partial charge in [0, 0.05) is 40.5 Å². The molecule has 0 radical (unpaired) electrons. The van der Waals surface area contributed by atoms with E-state index in [-0.39, 0.29) is 0 Å². The molecule has 0 saturated carbocycles. The number of nitrogens with zero attached hydrogens (tertiary/aromatic N) is 1. The lowest BCUT2D eigenvalue weighted by Gasteiger charge is -2.03. The fraction of sp³-hybridized carbons (Fsp3) is 0.267. The fourth-order valence-electron chi connectivity index (χ4n) is 1.91. The second-order valence-electron chi connectivity index (χ2n) is 4.31. The molecule has 0 saturated heterocycles. The van der Waals surface area contributed by atoms with Gasteiger partial charge < -0.3 is 0 Å². The third-order valence-corrected chi connectivity index (χ3v) is 3.79. The minimum Gasteiger partial charge on any atom is -0.255 e. The molecule has 0 aliphatic rings. The maximum atomic E-state index is 11.5. The van der Waals surface area contributed by atoms with E-state index in [0.717, 1.165) is 29.0 Å². The number of pyridine rings is 1. The Bertz CT molecular complexity index is 549. The number of aromatic nitrogens is 1. The molecule has 0 bridgehead atoms. The molecule has 1 aromatic heterocycles. The van der Waals surface area contributed by atoms with Crippen LogP contribution in [-0.4, -0.2) is 10.5 Å². The van der Waals surface area contributed by atoms with Crippen LogP contribution in [0.3, 0.4) is 0 Å². The van der Waals surface area contributed by atoms with Crippen molar-refractivity contribution in [2.45, 2.75) is 24.8 Å². The summed E-state index contributed by atoms with van der Waals surface area (Å²) in [5, 5.41) is 0. The quantitative estimate of drug-likeness (QED) is 0.774. The van der Waals surface area contributed by atoms with E-state index in [2.05, 4.69) is 42.1 Å². The monoisotopic (exact) mass is 260 g/mol. The first-order valence-electron chi connectivity index (χ1n) is 6.13. The van der Waals surface area contributed by atoms with Gasteiger partial charge in [0.05, 0.1) is 0 Å². The SMILES string of the molecule is CCC[n+]1ccc(-c2cccc(S(C)=O)c2)cc1. The molecule has 2 rings (SSSR count). The van der Waals surface area contributed by atoms with Crippen molar-refractivity contribution in [3.05, 3.63) is 48.8 Å². The lowest BCUT2D eigenvalue weighted by molar-refractivity contribution is -0.696. The lowest BCUT2D eigenvalue weighted by atomic mass is 10.1. The predicted octanol–water partition coefficient (Wildman–Crippen LogP) is 2.79. The van der Waals surface area contributed by atoms with Crippen LogP contribution in [0.25, 0.3) is 11.1 Å². The van der Waals surface area contributed by atoms with Gasteiger partial charge in [-0.2, -0.15) is 0 Å². The van der Waals surface area contributed by atoms with Gasteiger partial charge in [-0.1, -0.05) is 19.1 Å². The largest absolute Gasteiger partial charge is 0.255 e. The van der Waals surface area contributed by atoms with Crippen molar-refractivity contribution in [2.24, 2.45) is 0 Å². The van der Waals surface area contributed by atoms with Gasteiger partial charge in [0.25, 0.3) is 0 Å². The second-order valence-corrected chi connectivity index (χ2v) is 5.69. The summed E-state index contributed by atoms with van der Waals surface area (Å²) in [5.41, 5.74) is 2.28. The maximum Gasteiger partial charge on any atom is 0.169 e. The first kappa shape index (κ1) is 13.0. The van der Waals surface area contributed by atoms with Crippen LogP contribution in [-0.2, 0) is 17.3 Å². The van der Waals surface area contributed by atoms with Crippen molar-refractivity contribution in [1.82, 2.24) is 0 Å². The number of hydrogen-bond acceptors (Lipinski definition) is 1. The molecule has 1 atom stereocenters.